The molecule has 76 valence electrons. The van der Waals surface area contributed by atoms with Gasteiger partial charge in [-0.3, -0.25) is 4.79 Å². The van der Waals surface area contributed by atoms with Crippen LogP contribution in [0.25, 0.3) is 0 Å². The van der Waals surface area contributed by atoms with Crippen molar-refractivity contribution in [2.24, 2.45) is 0 Å². The second-order valence-electron chi connectivity index (χ2n) is 3.52. The van der Waals surface area contributed by atoms with Crippen molar-refractivity contribution in [3.63, 3.8) is 0 Å². The van der Waals surface area contributed by atoms with Gasteiger partial charge in [0.1, 0.15) is 5.02 Å². The summed E-state index contributed by atoms with van der Waals surface area (Å²) in [6.45, 7) is 0. The molecule has 2 rings (SSSR count). The molecule has 1 aliphatic carbocycles. The van der Waals surface area contributed by atoms with Gasteiger partial charge in [0.2, 0.25) is 0 Å². The predicted octanol–water partition coefficient (Wildman–Crippen LogP) is 1.78. The Labute approximate surface area is 86.7 Å². The van der Waals surface area contributed by atoms with Gasteiger partial charge < -0.3 is 10.3 Å². The summed E-state index contributed by atoms with van der Waals surface area (Å²) < 4.78 is 0. The molecule has 5 heteroatoms. The lowest BCUT2D eigenvalue weighted by Crippen LogP contribution is -2.19. The number of H-pyrrole nitrogens is 1. The maximum Gasteiger partial charge on any atom is 0.271 e. The number of anilines is 1. The summed E-state index contributed by atoms with van der Waals surface area (Å²) in [4.78, 5) is 17.6. The Morgan fingerprint density at radius 2 is 2.21 bits per heavy atom. The number of nitrogens with zero attached hydrogens (tertiary/aromatic N) is 1. The van der Waals surface area contributed by atoms with E-state index in [-0.39, 0.29) is 10.6 Å². The molecule has 0 radical (unpaired) electrons. The van der Waals surface area contributed by atoms with Gasteiger partial charge in [-0.2, -0.15) is 0 Å². The van der Waals surface area contributed by atoms with Gasteiger partial charge in [-0.05, 0) is 12.8 Å². The summed E-state index contributed by atoms with van der Waals surface area (Å²) in [7, 11) is 0. The van der Waals surface area contributed by atoms with Crippen LogP contribution in [0.4, 0.5) is 5.82 Å². The largest absolute Gasteiger partial charge is 0.366 e. The maximum atomic E-state index is 11.1. The minimum absolute atomic E-state index is 0.152. The molecule has 1 aromatic rings. The van der Waals surface area contributed by atoms with Crippen molar-refractivity contribution in [3.8, 4) is 0 Å². The predicted molar refractivity (Wildman–Crippen MR) is 55.7 cm³/mol. The number of hydrogen-bond acceptors (Lipinski definition) is 3. The van der Waals surface area contributed by atoms with Crippen LogP contribution in [-0.4, -0.2) is 16.0 Å². The zero-order chi connectivity index (χ0) is 9.97. The first-order valence-electron chi connectivity index (χ1n) is 4.77. The zero-order valence-electron chi connectivity index (χ0n) is 7.72. The van der Waals surface area contributed by atoms with Crippen LogP contribution in [0.2, 0.25) is 5.02 Å². The van der Waals surface area contributed by atoms with E-state index in [0.29, 0.717) is 11.9 Å². The van der Waals surface area contributed by atoms with Gasteiger partial charge in [0.15, 0.2) is 5.82 Å². The van der Waals surface area contributed by atoms with Crippen LogP contribution >= 0.6 is 11.6 Å². The Kier molecular flexibility index (Phi) is 2.72. The van der Waals surface area contributed by atoms with Crippen LogP contribution in [-0.2, 0) is 0 Å². The normalized spacial score (nSPS) is 17.2. The van der Waals surface area contributed by atoms with Crippen LogP contribution in [0.5, 0.6) is 0 Å². The molecule has 0 bridgehead atoms. The van der Waals surface area contributed by atoms with Gasteiger partial charge in [-0.1, -0.05) is 24.4 Å². The van der Waals surface area contributed by atoms with E-state index in [1.807, 2.05) is 0 Å². The fourth-order valence-electron chi connectivity index (χ4n) is 1.75. The van der Waals surface area contributed by atoms with E-state index in [1.165, 1.54) is 19.2 Å². The lowest BCUT2D eigenvalue weighted by molar-refractivity contribution is 0.749. The molecule has 1 fully saturated rings. The Balaban J connectivity index is 2.15. The molecular weight excluding hydrogens is 202 g/mol. The summed E-state index contributed by atoms with van der Waals surface area (Å²) in [6, 6.07) is 0.418. The maximum absolute atomic E-state index is 11.1. The average molecular weight is 214 g/mol. The van der Waals surface area contributed by atoms with Crippen molar-refractivity contribution < 1.29 is 0 Å². The molecule has 1 aliphatic rings. The molecule has 1 aromatic heterocycles. The summed E-state index contributed by atoms with van der Waals surface area (Å²) in [5.41, 5.74) is -0.290. The highest BCUT2D eigenvalue weighted by atomic mass is 35.5. The van der Waals surface area contributed by atoms with E-state index in [2.05, 4.69) is 15.3 Å². The quantitative estimate of drug-likeness (QED) is 0.788. The van der Waals surface area contributed by atoms with E-state index in [4.69, 9.17) is 11.6 Å². The van der Waals surface area contributed by atoms with Gasteiger partial charge in [0, 0.05) is 6.04 Å². The molecular formula is C9H12ClN3O. The summed E-state index contributed by atoms with van der Waals surface area (Å²) in [5, 5.41) is 3.34. The molecule has 0 saturated heterocycles. The molecule has 2 N–H and O–H groups in total. The number of halogens is 1. The molecule has 0 spiro atoms. The zero-order valence-corrected chi connectivity index (χ0v) is 8.47. The smallest absolute Gasteiger partial charge is 0.271 e. The van der Waals surface area contributed by atoms with Crippen molar-refractivity contribution in [3.05, 3.63) is 21.7 Å². The Morgan fingerprint density at radius 3 is 2.93 bits per heavy atom. The van der Waals surface area contributed by atoms with Gasteiger partial charge >= 0.3 is 0 Å². The first kappa shape index (κ1) is 9.52. The van der Waals surface area contributed by atoms with Crippen LogP contribution in [0, 0.1) is 0 Å². The lowest BCUT2D eigenvalue weighted by atomic mass is 10.2. The second-order valence-corrected chi connectivity index (χ2v) is 3.90. The monoisotopic (exact) mass is 213 g/mol. The molecule has 0 amide bonds. The van der Waals surface area contributed by atoms with Crippen molar-refractivity contribution in [1.29, 1.82) is 0 Å². The third kappa shape index (κ3) is 1.90. The van der Waals surface area contributed by atoms with Crippen molar-refractivity contribution in [2.75, 3.05) is 5.32 Å². The fourth-order valence-corrected chi connectivity index (χ4v) is 1.91. The third-order valence-electron chi connectivity index (χ3n) is 2.49. The van der Waals surface area contributed by atoms with E-state index < -0.39 is 0 Å². The molecule has 4 nitrogen and oxygen atoms in total. The van der Waals surface area contributed by atoms with E-state index in [1.54, 1.807) is 0 Å². The molecule has 1 heterocycles. The summed E-state index contributed by atoms with van der Waals surface area (Å²) in [5.74, 6) is 0.502. The number of aromatic amines is 1. The highest BCUT2D eigenvalue weighted by Crippen LogP contribution is 2.23. The molecule has 0 atom stereocenters. The van der Waals surface area contributed by atoms with Gasteiger partial charge in [-0.15, -0.1) is 0 Å². The third-order valence-corrected chi connectivity index (χ3v) is 2.84. The topological polar surface area (TPSA) is 57.8 Å². The standard InChI is InChI=1S/C9H12ClN3O/c10-7-8(11-5-12-9(7)14)13-6-3-1-2-4-6/h5-6H,1-4H2,(H2,11,12,13,14). The SMILES string of the molecule is O=c1[nH]cnc(NC2CCCC2)c1Cl. The van der Waals surface area contributed by atoms with Crippen LogP contribution in [0.3, 0.4) is 0 Å². The Morgan fingerprint density at radius 1 is 1.50 bits per heavy atom. The molecule has 0 aliphatic heterocycles. The van der Waals surface area contributed by atoms with Gasteiger partial charge in [0.25, 0.3) is 5.56 Å². The lowest BCUT2D eigenvalue weighted by Gasteiger charge is -2.12. The number of aromatic nitrogens is 2. The van der Waals surface area contributed by atoms with Crippen molar-refractivity contribution >= 4 is 17.4 Å². The number of nitrogens with one attached hydrogen (secondary N) is 2. The molecule has 0 unspecified atom stereocenters. The first-order valence-corrected chi connectivity index (χ1v) is 5.15. The van der Waals surface area contributed by atoms with Crippen LogP contribution in [0.1, 0.15) is 25.7 Å². The Bertz CT molecular complexity index is 371. The van der Waals surface area contributed by atoms with Gasteiger partial charge in [0.05, 0.1) is 6.33 Å². The molecule has 0 aromatic carbocycles. The Hall–Kier alpha value is -1.03. The highest BCUT2D eigenvalue weighted by Gasteiger charge is 2.16. The summed E-state index contributed by atoms with van der Waals surface area (Å²) in [6.07, 6.45) is 6.10. The first-order chi connectivity index (χ1) is 6.77. The van der Waals surface area contributed by atoms with Crippen LogP contribution in [0.15, 0.2) is 11.1 Å². The molecule has 14 heavy (non-hydrogen) atoms. The van der Waals surface area contributed by atoms with Gasteiger partial charge in [-0.25, -0.2) is 4.98 Å². The second kappa shape index (κ2) is 4.00. The minimum Gasteiger partial charge on any atom is -0.366 e. The van der Waals surface area contributed by atoms with Crippen molar-refractivity contribution in [1.82, 2.24) is 9.97 Å². The average Bonchev–Trinajstić information content (AvgIpc) is 2.66. The van der Waals surface area contributed by atoms with Crippen molar-refractivity contribution in [2.45, 2.75) is 31.7 Å². The summed E-state index contributed by atoms with van der Waals surface area (Å²) >= 11 is 5.80. The van der Waals surface area contributed by atoms with E-state index in [9.17, 15) is 4.79 Å². The minimum atomic E-state index is -0.290. The van der Waals surface area contributed by atoms with E-state index in [0.717, 1.165) is 12.8 Å². The van der Waals surface area contributed by atoms with Crippen LogP contribution < -0.4 is 10.9 Å². The fraction of sp³-hybridized carbons (Fsp3) is 0.556. The highest BCUT2D eigenvalue weighted by molar-refractivity contribution is 6.32. The molecule has 1 saturated carbocycles. The van der Waals surface area contributed by atoms with E-state index >= 15 is 0 Å². The number of rotatable bonds is 2. The number of hydrogen-bond donors (Lipinski definition) is 2.